The Labute approximate surface area is 169 Å². The molecule has 0 saturated heterocycles. The summed E-state index contributed by atoms with van der Waals surface area (Å²) in [6, 6.07) is 10.3. The molecule has 2 aromatic rings. The Morgan fingerprint density at radius 3 is 2.48 bits per heavy atom. The van der Waals surface area contributed by atoms with Gasteiger partial charge in [0.1, 0.15) is 0 Å². The minimum atomic E-state index is -0.969. The molecule has 1 amide bonds. The summed E-state index contributed by atoms with van der Waals surface area (Å²) in [6.07, 6.45) is 0.418. The standard InChI is InChI=1S/C22H25NO6/c1-27-13-14-5-4-6-16(9-14)22(26)23-8-7-15-10-19(28-2)20(29-3)11-17(15)18(23)12-21(24)25/h4-6,9-11,18H,7-8,12-13H2,1-3H3,(H,24,25). The number of ether oxygens (including phenoxy) is 3. The molecule has 1 atom stereocenters. The smallest absolute Gasteiger partial charge is 0.305 e. The minimum absolute atomic E-state index is 0.189. The third-order valence-electron chi connectivity index (χ3n) is 5.12. The molecule has 1 aliphatic heterocycles. The third-order valence-corrected chi connectivity index (χ3v) is 5.12. The molecule has 0 fully saturated rings. The van der Waals surface area contributed by atoms with E-state index in [0.717, 1.165) is 16.7 Å². The number of fused-ring (bicyclic) bond motifs is 1. The number of methoxy groups -OCH3 is 3. The predicted molar refractivity (Wildman–Crippen MR) is 106 cm³/mol. The van der Waals surface area contributed by atoms with Crippen molar-refractivity contribution in [3.63, 3.8) is 0 Å². The maximum Gasteiger partial charge on any atom is 0.305 e. The first-order valence-corrected chi connectivity index (χ1v) is 9.34. The number of aliphatic carboxylic acids is 1. The van der Waals surface area contributed by atoms with Gasteiger partial charge in [0.25, 0.3) is 5.91 Å². The van der Waals surface area contributed by atoms with Gasteiger partial charge in [-0.05, 0) is 47.4 Å². The number of benzene rings is 2. The number of amides is 1. The number of carbonyl (C=O) groups is 2. The topological polar surface area (TPSA) is 85.3 Å². The molecule has 0 saturated carbocycles. The second kappa shape index (κ2) is 8.96. The summed E-state index contributed by atoms with van der Waals surface area (Å²) in [5, 5.41) is 9.49. The Kier molecular flexibility index (Phi) is 6.39. The molecule has 1 unspecified atom stereocenters. The summed E-state index contributed by atoms with van der Waals surface area (Å²) in [4.78, 5) is 26.5. The highest BCUT2D eigenvalue weighted by atomic mass is 16.5. The van der Waals surface area contributed by atoms with Crippen LogP contribution in [0, 0.1) is 0 Å². The lowest BCUT2D eigenvalue weighted by atomic mass is 9.89. The van der Waals surface area contributed by atoms with Gasteiger partial charge in [0.05, 0.1) is 33.3 Å². The second-order valence-corrected chi connectivity index (χ2v) is 6.90. The maximum absolute atomic E-state index is 13.3. The molecule has 1 heterocycles. The molecule has 0 aromatic heterocycles. The first-order chi connectivity index (χ1) is 14.0. The normalized spacial score (nSPS) is 15.6. The lowest BCUT2D eigenvalue weighted by Gasteiger charge is -2.37. The zero-order chi connectivity index (χ0) is 21.0. The number of nitrogens with zero attached hydrogens (tertiary/aromatic N) is 1. The number of carboxylic acid groups (broad SMARTS) is 1. The first kappa shape index (κ1) is 20.7. The molecule has 1 N–H and O–H groups in total. The summed E-state index contributed by atoms with van der Waals surface area (Å²) in [7, 11) is 4.69. The average molecular weight is 399 g/mol. The van der Waals surface area contributed by atoms with Gasteiger partial charge >= 0.3 is 5.97 Å². The summed E-state index contributed by atoms with van der Waals surface area (Å²) in [5.41, 5.74) is 3.14. The van der Waals surface area contributed by atoms with Crippen molar-refractivity contribution in [2.24, 2.45) is 0 Å². The molecule has 0 aliphatic carbocycles. The van der Waals surface area contributed by atoms with Crippen LogP contribution in [0.4, 0.5) is 0 Å². The van der Waals surface area contributed by atoms with Crippen LogP contribution in [0.1, 0.15) is 39.5 Å². The number of hydrogen-bond acceptors (Lipinski definition) is 5. The van der Waals surface area contributed by atoms with Gasteiger partial charge in [0, 0.05) is 19.2 Å². The van der Waals surface area contributed by atoms with E-state index < -0.39 is 12.0 Å². The highest BCUT2D eigenvalue weighted by Crippen LogP contribution is 2.40. The van der Waals surface area contributed by atoms with E-state index in [-0.39, 0.29) is 12.3 Å². The fourth-order valence-electron chi connectivity index (χ4n) is 3.78. The van der Waals surface area contributed by atoms with Crippen molar-refractivity contribution < 1.29 is 28.9 Å². The molecule has 0 bridgehead atoms. The van der Waals surface area contributed by atoms with Crippen LogP contribution in [0.5, 0.6) is 11.5 Å². The molecule has 29 heavy (non-hydrogen) atoms. The largest absolute Gasteiger partial charge is 0.493 e. The molecule has 3 rings (SSSR count). The monoisotopic (exact) mass is 399 g/mol. The van der Waals surface area contributed by atoms with Crippen LogP contribution in [0.3, 0.4) is 0 Å². The highest BCUT2D eigenvalue weighted by Gasteiger charge is 2.34. The Bertz CT molecular complexity index is 910. The van der Waals surface area contributed by atoms with Gasteiger partial charge in [0.15, 0.2) is 11.5 Å². The molecular formula is C22H25NO6. The van der Waals surface area contributed by atoms with E-state index in [4.69, 9.17) is 14.2 Å². The number of carbonyl (C=O) groups excluding carboxylic acids is 1. The Morgan fingerprint density at radius 1 is 1.10 bits per heavy atom. The molecule has 0 spiro atoms. The molecule has 7 heteroatoms. The van der Waals surface area contributed by atoms with Crippen molar-refractivity contribution in [1.82, 2.24) is 4.90 Å². The molecule has 0 radical (unpaired) electrons. The van der Waals surface area contributed by atoms with E-state index in [1.54, 1.807) is 43.4 Å². The van der Waals surface area contributed by atoms with Gasteiger partial charge in [-0.3, -0.25) is 9.59 Å². The van der Waals surface area contributed by atoms with E-state index in [9.17, 15) is 14.7 Å². The van der Waals surface area contributed by atoms with Crippen LogP contribution < -0.4 is 9.47 Å². The van der Waals surface area contributed by atoms with Crippen LogP contribution in [0.2, 0.25) is 0 Å². The lowest BCUT2D eigenvalue weighted by Crippen LogP contribution is -2.41. The fourth-order valence-corrected chi connectivity index (χ4v) is 3.78. The third kappa shape index (κ3) is 4.35. The summed E-state index contributed by atoms with van der Waals surface area (Å²) in [6.45, 7) is 0.827. The Balaban J connectivity index is 2.00. The quantitative estimate of drug-likeness (QED) is 0.770. The van der Waals surface area contributed by atoms with Crippen molar-refractivity contribution in [3.05, 3.63) is 58.7 Å². The van der Waals surface area contributed by atoms with Crippen molar-refractivity contribution in [1.29, 1.82) is 0 Å². The summed E-state index contributed by atoms with van der Waals surface area (Å²) in [5.74, 6) is -0.0661. The second-order valence-electron chi connectivity index (χ2n) is 6.90. The summed E-state index contributed by atoms with van der Waals surface area (Å²) < 4.78 is 15.9. The van der Waals surface area contributed by atoms with E-state index in [1.165, 1.54) is 7.11 Å². The van der Waals surface area contributed by atoms with Gasteiger partial charge in [-0.2, -0.15) is 0 Å². The molecule has 154 valence electrons. The molecule has 7 nitrogen and oxygen atoms in total. The van der Waals surface area contributed by atoms with Crippen LogP contribution in [-0.4, -0.2) is 49.8 Å². The van der Waals surface area contributed by atoms with Crippen LogP contribution in [0.15, 0.2) is 36.4 Å². The molecule has 2 aromatic carbocycles. The van der Waals surface area contributed by atoms with Crippen LogP contribution in [-0.2, 0) is 22.6 Å². The van der Waals surface area contributed by atoms with Gasteiger partial charge in [-0.15, -0.1) is 0 Å². The highest BCUT2D eigenvalue weighted by molar-refractivity contribution is 5.95. The van der Waals surface area contributed by atoms with Crippen molar-refractivity contribution in [3.8, 4) is 11.5 Å². The maximum atomic E-state index is 13.3. The number of carboxylic acids is 1. The first-order valence-electron chi connectivity index (χ1n) is 9.34. The van der Waals surface area contributed by atoms with E-state index >= 15 is 0 Å². The van der Waals surface area contributed by atoms with Crippen LogP contribution >= 0.6 is 0 Å². The summed E-state index contributed by atoms with van der Waals surface area (Å²) >= 11 is 0. The van der Waals surface area contributed by atoms with Gasteiger partial charge in [-0.1, -0.05) is 12.1 Å². The van der Waals surface area contributed by atoms with Gasteiger partial charge in [-0.25, -0.2) is 0 Å². The fraction of sp³-hybridized carbons (Fsp3) is 0.364. The number of hydrogen-bond donors (Lipinski definition) is 1. The minimum Gasteiger partial charge on any atom is -0.493 e. The zero-order valence-corrected chi connectivity index (χ0v) is 16.8. The van der Waals surface area contributed by atoms with E-state index in [1.807, 2.05) is 12.1 Å². The van der Waals surface area contributed by atoms with Gasteiger partial charge in [0.2, 0.25) is 0 Å². The van der Waals surface area contributed by atoms with Crippen molar-refractivity contribution in [2.45, 2.75) is 25.5 Å². The van der Waals surface area contributed by atoms with Crippen molar-refractivity contribution >= 4 is 11.9 Å². The average Bonchev–Trinajstić information content (AvgIpc) is 2.72. The van der Waals surface area contributed by atoms with Crippen molar-refractivity contribution in [2.75, 3.05) is 27.9 Å². The van der Waals surface area contributed by atoms with Crippen LogP contribution in [0.25, 0.3) is 0 Å². The molecule has 1 aliphatic rings. The van der Waals surface area contributed by atoms with E-state index in [0.29, 0.717) is 36.6 Å². The van der Waals surface area contributed by atoms with Gasteiger partial charge < -0.3 is 24.2 Å². The Hall–Kier alpha value is -3.06. The number of rotatable bonds is 7. The predicted octanol–water partition coefficient (Wildman–Crippen LogP) is 3.06. The lowest BCUT2D eigenvalue weighted by molar-refractivity contribution is -0.138. The Morgan fingerprint density at radius 2 is 1.83 bits per heavy atom. The van der Waals surface area contributed by atoms with E-state index in [2.05, 4.69) is 0 Å². The zero-order valence-electron chi connectivity index (χ0n) is 16.8. The molecular weight excluding hydrogens is 374 g/mol. The SMILES string of the molecule is COCc1cccc(C(=O)N2CCc3cc(OC)c(OC)cc3C2CC(=O)O)c1.